The van der Waals surface area contributed by atoms with Crippen LogP contribution in [0.5, 0.6) is 0 Å². The largest absolute Gasteiger partial charge is 0.299 e. The van der Waals surface area contributed by atoms with E-state index in [-0.39, 0.29) is 10.8 Å². The summed E-state index contributed by atoms with van der Waals surface area (Å²) in [5.74, 6) is 0.439. The lowest BCUT2D eigenvalue weighted by Gasteiger charge is -2.48. The average Bonchev–Trinajstić information content (AvgIpc) is 1.96. The molecule has 90 valence electrons. The van der Waals surface area contributed by atoms with Crippen LogP contribution in [0.4, 0.5) is 0 Å². The maximum absolute atomic E-state index is 10.7. The van der Waals surface area contributed by atoms with Crippen molar-refractivity contribution < 1.29 is 4.79 Å². The van der Waals surface area contributed by atoms with Gasteiger partial charge in [0.2, 0.25) is 0 Å². The van der Waals surface area contributed by atoms with E-state index in [0.29, 0.717) is 5.92 Å². The standard InChI is InChI=1S/C15H24O/c1-11-9-14(3,4)13(12(2)7-8-16)15(5,6)10-11/h7-9,13H,10H2,1-6H3. The number of hydrogen-bond donors (Lipinski definition) is 0. The first-order chi connectivity index (χ1) is 7.20. The quantitative estimate of drug-likeness (QED) is 0.388. The summed E-state index contributed by atoms with van der Waals surface area (Å²) in [5.41, 5.74) is 3.03. The number of carbonyl (C=O) groups excluding carboxylic acids is 1. The van der Waals surface area contributed by atoms with Crippen molar-refractivity contribution in [2.45, 2.75) is 48.0 Å². The summed E-state index contributed by atoms with van der Waals surface area (Å²) in [5, 5.41) is 0. The van der Waals surface area contributed by atoms with Gasteiger partial charge in [-0.25, -0.2) is 0 Å². The third-order valence-corrected chi connectivity index (χ3v) is 3.66. The van der Waals surface area contributed by atoms with Gasteiger partial charge in [-0.2, -0.15) is 0 Å². The molecule has 16 heavy (non-hydrogen) atoms. The summed E-state index contributed by atoms with van der Waals surface area (Å²) >= 11 is 0. The summed E-state index contributed by atoms with van der Waals surface area (Å²) in [6, 6.07) is 0. The Kier molecular flexibility index (Phi) is 3.47. The van der Waals surface area contributed by atoms with Gasteiger partial charge in [0, 0.05) is 0 Å². The fraction of sp³-hybridized carbons (Fsp3) is 0.667. The van der Waals surface area contributed by atoms with Gasteiger partial charge in [0.05, 0.1) is 0 Å². The molecule has 0 amide bonds. The molecule has 1 rings (SSSR count). The Morgan fingerprint density at radius 2 is 1.94 bits per heavy atom. The van der Waals surface area contributed by atoms with Crippen LogP contribution in [0.15, 0.2) is 23.3 Å². The second kappa shape index (κ2) is 4.20. The highest BCUT2D eigenvalue weighted by Gasteiger charge is 2.43. The minimum Gasteiger partial charge on any atom is -0.299 e. The molecule has 0 radical (unpaired) electrons. The third-order valence-electron chi connectivity index (χ3n) is 3.66. The first-order valence-electron chi connectivity index (χ1n) is 6.01. The fourth-order valence-corrected chi connectivity index (χ4v) is 4.00. The van der Waals surface area contributed by atoms with Crippen LogP contribution in [0.3, 0.4) is 0 Å². The topological polar surface area (TPSA) is 17.1 Å². The number of allylic oxidation sites excluding steroid dienone is 4. The number of aldehydes is 1. The minimum absolute atomic E-state index is 0.134. The zero-order chi connectivity index (χ0) is 12.6. The Labute approximate surface area is 99.6 Å². The zero-order valence-corrected chi connectivity index (χ0v) is 11.4. The second-order valence-corrected chi connectivity index (χ2v) is 6.46. The maximum atomic E-state index is 10.7. The lowest BCUT2D eigenvalue weighted by atomic mass is 9.56. The summed E-state index contributed by atoms with van der Waals surface area (Å²) < 4.78 is 0. The summed E-state index contributed by atoms with van der Waals surface area (Å²) in [7, 11) is 0. The van der Waals surface area contributed by atoms with Crippen LogP contribution in [-0.2, 0) is 4.79 Å². The van der Waals surface area contributed by atoms with Crippen molar-refractivity contribution in [2.75, 3.05) is 0 Å². The van der Waals surface area contributed by atoms with E-state index in [0.717, 1.165) is 12.7 Å². The normalized spacial score (nSPS) is 28.5. The van der Waals surface area contributed by atoms with Crippen molar-refractivity contribution in [2.24, 2.45) is 16.7 Å². The van der Waals surface area contributed by atoms with E-state index in [1.807, 2.05) is 0 Å². The lowest BCUT2D eigenvalue weighted by molar-refractivity contribution is -0.104. The molecule has 0 N–H and O–H groups in total. The Hall–Kier alpha value is -0.850. The van der Waals surface area contributed by atoms with Crippen molar-refractivity contribution in [3.8, 4) is 0 Å². The van der Waals surface area contributed by atoms with Crippen LogP contribution in [0, 0.1) is 16.7 Å². The molecular formula is C15H24O. The SMILES string of the molecule is CC1=CC(C)(C)C(C(C)=CC=O)C(C)(C)C1. The maximum Gasteiger partial charge on any atom is 0.142 e. The average molecular weight is 220 g/mol. The molecule has 1 aliphatic carbocycles. The molecule has 1 nitrogen and oxygen atoms in total. The Balaban J connectivity index is 3.23. The van der Waals surface area contributed by atoms with Gasteiger partial charge < -0.3 is 0 Å². The van der Waals surface area contributed by atoms with Crippen molar-refractivity contribution in [1.29, 1.82) is 0 Å². The molecule has 1 aliphatic rings. The number of hydrogen-bond acceptors (Lipinski definition) is 1. The van der Waals surface area contributed by atoms with Gasteiger partial charge in [0.25, 0.3) is 0 Å². The number of rotatable bonds is 2. The molecule has 0 aromatic heterocycles. The van der Waals surface area contributed by atoms with Crippen molar-refractivity contribution >= 4 is 6.29 Å². The molecule has 0 aliphatic heterocycles. The molecule has 0 spiro atoms. The van der Waals surface area contributed by atoms with E-state index in [2.05, 4.69) is 47.6 Å². The van der Waals surface area contributed by atoms with Crippen LogP contribution in [0.25, 0.3) is 0 Å². The fourth-order valence-electron chi connectivity index (χ4n) is 4.00. The monoisotopic (exact) mass is 220 g/mol. The molecule has 1 heteroatoms. The molecule has 0 saturated heterocycles. The summed E-state index contributed by atoms with van der Waals surface area (Å²) in [4.78, 5) is 10.7. The molecule has 0 fully saturated rings. The van der Waals surface area contributed by atoms with E-state index >= 15 is 0 Å². The van der Waals surface area contributed by atoms with Gasteiger partial charge in [0.15, 0.2) is 0 Å². The molecular weight excluding hydrogens is 196 g/mol. The van der Waals surface area contributed by atoms with Gasteiger partial charge in [-0.3, -0.25) is 4.79 Å². The van der Waals surface area contributed by atoms with Crippen molar-refractivity contribution in [3.63, 3.8) is 0 Å². The lowest BCUT2D eigenvalue weighted by Crippen LogP contribution is -2.39. The molecule has 1 unspecified atom stereocenters. The van der Waals surface area contributed by atoms with Crippen LogP contribution in [-0.4, -0.2) is 6.29 Å². The third kappa shape index (κ3) is 2.45. The van der Waals surface area contributed by atoms with E-state index in [4.69, 9.17) is 0 Å². The van der Waals surface area contributed by atoms with E-state index < -0.39 is 0 Å². The molecule has 0 bridgehead atoms. The van der Waals surface area contributed by atoms with Gasteiger partial charge >= 0.3 is 0 Å². The van der Waals surface area contributed by atoms with Crippen molar-refractivity contribution in [3.05, 3.63) is 23.3 Å². The van der Waals surface area contributed by atoms with Crippen LogP contribution in [0.1, 0.15) is 48.0 Å². The first kappa shape index (κ1) is 13.2. The Morgan fingerprint density at radius 1 is 1.38 bits per heavy atom. The van der Waals surface area contributed by atoms with E-state index in [1.54, 1.807) is 6.08 Å². The van der Waals surface area contributed by atoms with Gasteiger partial charge in [-0.1, -0.05) is 44.9 Å². The van der Waals surface area contributed by atoms with Gasteiger partial charge in [-0.05, 0) is 43.1 Å². The Morgan fingerprint density at radius 3 is 2.38 bits per heavy atom. The molecule has 0 saturated carbocycles. The van der Waals surface area contributed by atoms with Gasteiger partial charge in [0.1, 0.15) is 6.29 Å². The smallest absolute Gasteiger partial charge is 0.142 e. The number of carbonyl (C=O) groups is 1. The highest BCUT2D eigenvalue weighted by molar-refractivity contribution is 5.66. The minimum atomic E-state index is 0.134. The predicted octanol–water partition coefficient (Wildman–Crippen LogP) is 4.15. The Bertz CT molecular complexity index is 342. The van der Waals surface area contributed by atoms with Crippen LogP contribution in [0.2, 0.25) is 0 Å². The van der Waals surface area contributed by atoms with Crippen LogP contribution >= 0.6 is 0 Å². The van der Waals surface area contributed by atoms with Gasteiger partial charge in [-0.15, -0.1) is 0 Å². The molecule has 0 heterocycles. The summed E-state index contributed by atoms with van der Waals surface area (Å²) in [6.45, 7) is 13.4. The molecule has 1 atom stereocenters. The first-order valence-corrected chi connectivity index (χ1v) is 6.01. The van der Waals surface area contributed by atoms with E-state index in [9.17, 15) is 4.79 Å². The van der Waals surface area contributed by atoms with Crippen LogP contribution < -0.4 is 0 Å². The predicted molar refractivity (Wildman–Crippen MR) is 69.2 cm³/mol. The van der Waals surface area contributed by atoms with E-state index in [1.165, 1.54) is 11.1 Å². The molecule has 0 aromatic rings. The summed E-state index contributed by atoms with van der Waals surface area (Å²) in [6.07, 6.45) is 6.12. The zero-order valence-electron chi connectivity index (χ0n) is 11.4. The molecule has 0 aromatic carbocycles. The highest BCUT2D eigenvalue weighted by Crippen LogP contribution is 2.52. The van der Waals surface area contributed by atoms with Crippen molar-refractivity contribution in [1.82, 2.24) is 0 Å². The second-order valence-electron chi connectivity index (χ2n) is 6.46. The highest BCUT2D eigenvalue weighted by atomic mass is 16.1.